The third-order valence-corrected chi connectivity index (χ3v) is 6.59. The van der Waals surface area contributed by atoms with Crippen LogP contribution in [-0.2, 0) is 9.53 Å². The molecule has 0 aliphatic carbocycles. The van der Waals surface area contributed by atoms with Crippen LogP contribution < -0.4 is 19.6 Å². The fourth-order valence-electron chi connectivity index (χ4n) is 3.75. The lowest BCUT2D eigenvalue weighted by Gasteiger charge is -2.25. The van der Waals surface area contributed by atoms with Gasteiger partial charge in [0.25, 0.3) is 5.56 Å². The van der Waals surface area contributed by atoms with Gasteiger partial charge in [-0.1, -0.05) is 65.9 Å². The Hall–Kier alpha value is -3.42. The number of fused-ring (bicyclic) bond motifs is 1. The number of nitrogens with zero attached hydrogens (tertiary/aromatic N) is 2. The normalized spacial score (nSPS) is 15.5. The fraction of sp³-hybridized carbons (Fsp3) is 0.192. The number of thiazole rings is 1. The Morgan fingerprint density at radius 2 is 1.97 bits per heavy atom. The molecule has 34 heavy (non-hydrogen) atoms. The summed E-state index contributed by atoms with van der Waals surface area (Å²) in [6.45, 7) is 7.75. The number of hydrogen-bond acceptors (Lipinski definition) is 6. The van der Waals surface area contributed by atoms with Gasteiger partial charge in [0.05, 0.1) is 22.4 Å². The number of ether oxygens (including phenoxy) is 2. The van der Waals surface area contributed by atoms with E-state index in [4.69, 9.17) is 21.1 Å². The molecule has 0 radical (unpaired) electrons. The number of allylic oxidation sites excluding steroid dienone is 1. The zero-order chi connectivity index (χ0) is 24.2. The summed E-state index contributed by atoms with van der Waals surface area (Å²) in [7, 11) is 0. The third-order valence-electron chi connectivity index (χ3n) is 5.26. The Morgan fingerprint density at radius 1 is 1.24 bits per heavy atom. The zero-order valence-corrected chi connectivity index (χ0v) is 20.4. The van der Waals surface area contributed by atoms with Gasteiger partial charge in [-0.2, -0.15) is 0 Å². The van der Waals surface area contributed by atoms with Crippen LogP contribution in [0.5, 0.6) is 5.75 Å². The molecule has 1 atom stereocenters. The summed E-state index contributed by atoms with van der Waals surface area (Å²) in [5.74, 6) is 0.199. The Labute approximate surface area is 205 Å². The van der Waals surface area contributed by atoms with Crippen LogP contribution >= 0.6 is 22.9 Å². The summed E-state index contributed by atoms with van der Waals surface area (Å²) < 4.78 is 12.8. The highest BCUT2D eigenvalue weighted by Gasteiger charge is 2.34. The average Bonchev–Trinajstić information content (AvgIpc) is 3.12. The predicted molar refractivity (Wildman–Crippen MR) is 134 cm³/mol. The van der Waals surface area contributed by atoms with Crippen molar-refractivity contribution < 1.29 is 14.3 Å². The first-order valence-corrected chi connectivity index (χ1v) is 11.9. The lowest BCUT2D eigenvalue weighted by atomic mass is 9.96. The number of aromatic nitrogens is 1. The molecule has 0 N–H and O–H groups in total. The maximum atomic E-state index is 13.6. The number of carbonyl (C=O) groups is 1. The Balaban J connectivity index is 1.86. The monoisotopic (exact) mass is 494 g/mol. The van der Waals surface area contributed by atoms with Crippen molar-refractivity contribution in [3.05, 3.63) is 108 Å². The smallest absolute Gasteiger partial charge is 0.338 e. The van der Waals surface area contributed by atoms with Crippen LogP contribution in [0, 0.1) is 0 Å². The summed E-state index contributed by atoms with van der Waals surface area (Å²) in [5.41, 5.74) is 2.03. The number of esters is 1. The van der Waals surface area contributed by atoms with Gasteiger partial charge in [-0.25, -0.2) is 9.79 Å². The highest BCUT2D eigenvalue weighted by molar-refractivity contribution is 7.07. The van der Waals surface area contributed by atoms with Gasteiger partial charge in [0.2, 0.25) is 0 Å². The number of rotatable bonds is 7. The Bertz CT molecular complexity index is 1450. The molecule has 6 nitrogen and oxygen atoms in total. The predicted octanol–water partition coefficient (Wildman–Crippen LogP) is 4.02. The van der Waals surface area contributed by atoms with Crippen molar-refractivity contribution in [3.8, 4) is 5.75 Å². The Morgan fingerprint density at radius 3 is 2.65 bits per heavy atom. The average molecular weight is 495 g/mol. The minimum atomic E-state index is -0.735. The minimum absolute atomic E-state index is 0.210. The zero-order valence-electron chi connectivity index (χ0n) is 18.8. The van der Waals surface area contributed by atoms with Crippen LogP contribution in [0.3, 0.4) is 0 Å². The van der Waals surface area contributed by atoms with E-state index < -0.39 is 12.0 Å². The molecule has 0 spiro atoms. The summed E-state index contributed by atoms with van der Waals surface area (Å²) in [4.78, 5) is 31.6. The van der Waals surface area contributed by atoms with Crippen LogP contribution in [0.2, 0.25) is 5.02 Å². The molecule has 0 saturated heterocycles. The van der Waals surface area contributed by atoms with Crippen molar-refractivity contribution in [2.45, 2.75) is 19.9 Å². The van der Waals surface area contributed by atoms with Crippen LogP contribution in [0.1, 0.15) is 31.0 Å². The molecular formula is C26H23ClN2O4S. The highest BCUT2D eigenvalue weighted by Crippen LogP contribution is 2.34. The molecule has 1 aliphatic heterocycles. The minimum Gasteiger partial charge on any atom is -0.490 e. The third kappa shape index (κ3) is 4.62. The van der Waals surface area contributed by atoms with Crippen molar-refractivity contribution in [1.82, 2.24) is 4.57 Å². The number of hydrogen-bond donors (Lipinski definition) is 0. The second-order valence-corrected chi connectivity index (χ2v) is 8.91. The first-order valence-electron chi connectivity index (χ1n) is 10.7. The second-order valence-electron chi connectivity index (χ2n) is 7.49. The summed E-state index contributed by atoms with van der Waals surface area (Å²) in [6.07, 6.45) is 3.48. The van der Waals surface area contributed by atoms with E-state index in [-0.39, 0.29) is 12.2 Å². The molecule has 8 heteroatoms. The number of benzene rings is 2. The summed E-state index contributed by atoms with van der Waals surface area (Å²) in [5, 5.41) is 0.452. The van der Waals surface area contributed by atoms with Gasteiger partial charge in [-0.15, -0.1) is 0 Å². The number of carbonyl (C=O) groups excluding carboxylic acids is 1. The molecule has 0 saturated carbocycles. The SMILES string of the molecule is C=CCOc1ccc(/C=c2/sc3n(c2=O)[C@H](c2ccccc2Cl)C(C(=O)OCC)=C(C)N=3)cc1. The molecule has 3 aromatic rings. The highest BCUT2D eigenvalue weighted by atomic mass is 35.5. The van der Waals surface area contributed by atoms with E-state index >= 15 is 0 Å². The Kier molecular flexibility index (Phi) is 7.14. The van der Waals surface area contributed by atoms with Crippen molar-refractivity contribution in [2.24, 2.45) is 4.99 Å². The van der Waals surface area contributed by atoms with Gasteiger partial charge in [0.1, 0.15) is 18.4 Å². The maximum Gasteiger partial charge on any atom is 0.338 e. The standard InChI is InChI=1S/C26H23ClN2O4S/c1-4-14-33-18-12-10-17(11-13-18)15-21-24(30)29-23(19-8-6-7-9-20(19)27)22(25(31)32-5-2)16(3)28-26(29)34-21/h4,6-13,15,23H,1,5,14H2,2-3H3/b21-15+/t23-/m1/s1. The van der Waals surface area contributed by atoms with Crippen LogP contribution in [0.15, 0.2) is 82.2 Å². The first kappa shape index (κ1) is 23.7. The van der Waals surface area contributed by atoms with Crippen LogP contribution in [0.4, 0.5) is 0 Å². The largest absolute Gasteiger partial charge is 0.490 e. The van der Waals surface area contributed by atoms with Gasteiger partial charge in [0, 0.05) is 5.02 Å². The van der Waals surface area contributed by atoms with E-state index in [1.165, 1.54) is 15.9 Å². The van der Waals surface area contributed by atoms with Gasteiger partial charge in [0.15, 0.2) is 4.80 Å². The number of halogens is 1. The quantitative estimate of drug-likeness (QED) is 0.367. The summed E-state index contributed by atoms with van der Waals surface area (Å²) in [6, 6.07) is 13.9. The molecule has 4 rings (SSSR count). The topological polar surface area (TPSA) is 69.9 Å². The van der Waals surface area contributed by atoms with E-state index in [0.717, 1.165) is 5.56 Å². The molecule has 1 aliphatic rings. The summed E-state index contributed by atoms with van der Waals surface area (Å²) >= 11 is 7.78. The second kappa shape index (κ2) is 10.2. The molecule has 0 amide bonds. The van der Waals surface area contributed by atoms with Crippen molar-refractivity contribution in [2.75, 3.05) is 13.2 Å². The van der Waals surface area contributed by atoms with Gasteiger partial charge >= 0.3 is 5.97 Å². The first-order chi connectivity index (χ1) is 16.4. The van der Waals surface area contributed by atoms with Gasteiger partial charge < -0.3 is 9.47 Å². The van der Waals surface area contributed by atoms with E-state index in [1.54, 1.807) is 38.1 Å². The molecule has 1 aromatic heterocycles. The van der Waals surface area contributed by atoms with Crippen LogP contribution in [-0.4, -0.2) is 23.8 Å². The van der Waals surface area contributed by atoms with Crippen LogP contribution in [0.25, 0.3) is 6.08 Å². The molecule has 2 aromatic carbocycles. The maximum absolute atomic E-state index is 13.6. The van der Waals surface area contributed by atoms with E-state index in [2.05, 4.69) is 11.6 Å². The van der Waals surface area contributed by atoms with E-state index in [1.807, 2.05) is 36.4 Å². The van der Waals surface area contributed by atoms with Gasteiger partial charge in [-0.05, 0) is 49.2 Å². The molecule has 0 unspecified atom stereocenters. The fourth-order valence-corrected chi connectivity index (χ4v) is 5.04. The molecule has 0 bridgehead atoms. The van der Waals surface area contributed by atoms with Gasteiger partial charge in [-0.3, -0.25) is 9.36 Å². The molecular weight excluding hydrogens is 472 g/mol. The van der Waals surface area contributed by atoms with Crippen molar-refractivity contribution in [1.29, 1.82) is 0 Å². The van der Waals surface area contributed by atoms with E-state index in [9.17, 15) is 9.59 Å². The lowest BCUT2D eigenvalue weighted by Crippen LogP contribution is -2.40. The molecule has 174 valence electrons. The lowest BCUT2D eigenvalue weighted by molar-refractivity contribution is -0.139. The van der Waals surface area contributed by atoms with Crippen molar-refractivity contribution >= 4 is 35.0 Å². The molecule has 0 fully saturated rings. The van der Waals surface area contributed by atoms with E-state index in [0.29, 0.717) is 43.5 Å². The van der Waals surface area contributed by atoms with Crippen molar-refractivity contribution in [3.63, 3.8) is 0 Å². The molecule has 2 heterocycles.